The van der Waals surface area contributed by atoms with Crippen molar-refractivity contribution in [1.82, 2.24) is 24.1 Å². The van der Waals surface area contributed by atoms with E-state index in [4.69, 9.17) is 15.0 Å². The highest BCUT2D eigenvalue weighted by Crippen LogP contribution is 2.45. The highest BCUT2D eigenvalue weighted by molar-refractivity contribution is 6.24. The van der Waals surface area contributed by atoms with E-state index in [0.717, 1.165) is 105 Å². The second kappa shape index (κ2) is 16.4. The molecule has 3 aromatic heterocycles. The Bertz CT molecular complexity index is 3930. The van der Waals surface area contributed by atoms with Crippen molar-refractivity contribution in [2.24, 2.45) is 0 Å². The highest BCUT2D eigenvalue weighted by Gasteiger charge is 2.25. The lowest BCUT2D eigenvalue weighted by Gasteiger charge is -2.19. The molecule has 5 nitrogen and oxygen atoms in total. The highest BCUT2D eigenvalue weighted by atomic mass is 15.2. The summed E-state index contributed by atoms with van der Waals surface area (Å²) in [5.41, 5.74) is 16.1. The summed E-state index contributed by atoms with van der Waals surface area (Å²) in [6, 6.07) is 88.2. The molecule has 0 unspecified atom stereocenters. The van der Waals surface area contributed by atoms with Crippen LogP contribution in [-0.2, 0) is 0 Å². The molecule has 13 aromatic rings. The molecule has 68 heavy (non-hydrogen) atoms. The molecule has 0 bridgehead atoms. The number of hydrogen-bond donors (Lipinski definition) is 0. The van der Waals surface area contributed by atoms with Gasteiger partial charge in [-0.25, -0.2) is 4.98 Å². The summed E-state index contributed by atoms with van der Waals surface area (Å²) in [5, 5.41) is 4.53. The first-order valence-corrected chi connectivity index (χ1v) is 23.0. The molecule has 0 aliphatic carbocycles. The smallest absolute Gasteiger partial charge is 0.238 e. The van der Waals surface area contributed by atoms with Gasteiger partial charge in [-0.1, -0.05) is 212 Å². The SMILES string of the molecule is c1ccc(-c2cc(-c3ccccc3)cc(-c3nc(-c4ccccc4)nc(-n4c5ccccc5c5ccc6c7ccccc7n(-c7cccc(-c8ccccc8)c7-c7ccccc7)c6c54)n3)c2)cc1. The summed E-state index contributed by atoms with van der Waals surface area (Å²) in [6.07, 6.45) is 0. The predicted molar refractivity (Wildman–Crippen MR) is 281 cm³/mol. The van der Waals surface area contributed by atoms with Crippen molar-refractivity contribution in [2.75, 3.05) is 0 Å². The minimum Gasteiger partial charge on any atom is -0.307 e. The number of rotatable bonds is 8. The summed E-state index contributed by atoms with van der Waals surface area (Å²) in [6.45, 7) is 0. The van der Waals surface area contributed by atoms with E-state index in [1.54, 1.807) is 0 Å². The Kier molecular flexibility index (Phi) is 9.43. The molecule has 10 aromatic carbocycles. The van der Waals surface area contributed by atoms with Crippen molar-refractivity contribution in [2.45, 2.75) is 0 Å². The average Bonchev–Trinajstić information content (AvgIpc) is 3.95. The second-order valence-corrected chi connectivity index (χ2v) is 17.2. The van der Waals surface area contributed by atoms with Gasteiger partial charge >= 0.3 is 0 Å². The van der Waals surface area contributed by atoms with Crippen LogP contribution in [0.15, 0.2) is 249 Å². The first-order chi connectivity index (χ1) is 33.7. The summed E-state index contributed by atoms with van der Waals surface area (Å²) in [7, 11) is 0. The van der Waals surface area contributed by atoms with Gasteiger partial charge < -0.3 is 4.57 Å². The standard InChI is InChI=1S/C63H41N5/c1-6-21-42(22-7-1)47-39-48(43-23-8-2-9-24-43)41-49(40-47)62-64-61(46-29-14-5-15-30-46)65-63(66-62)68-56-35-19-17-32-52(56)54-38-37-53-51-31-16-18-34-55(51)67(59(53)60(54)68)57-36-20-33-50(44-25-10-3-11-26-44)58(57)45-27-12-4-13-28-45/h1-41H. The van der Waals surface area contributed by atoms with E-state index in [1.807, 2.05) is 18.2 Å². The van der Waals surface area contributed by atoms with Crippen molar-refractivity contribution in [3.63, 3.8) is 0 Å². The number of fused-ring (bicyclic) bond motifs is 7. The minimum atomic E-state index is 0.539. The van der Waals surface area contributed by atoms with Crippen molar-refractivity contribution in [3.05, 3.63) is 249 Å². The van der Waals surface area contributed by atoms with E-state index in [9.17, 15) is 0 Å². The molecule has 0 amide bonds. The fourth-order valence-corrected chi connectivity index (χ4v) is 10.1. The van der Waals surface area contributed by atoms with Gasteiger partial charge in [0.15, 0.2) is 11.6 Å². The Morgan fingerprint density at radius 1 is 0.265 bits per heavy atom. The second-order valence-electron chi connectivity index (χ2n) is 17.2. The molecular formula is C63H41N5. The van der Waals surface area contributed by atoms with Crippen LogP contribution in [0.5, 0.6) is 0 Å². The van der Waals surface area contributed by atoms with Crippen LogP contribution in [0.3, 0.4) is 0 Å². The molecule has 0 spiro atoms. The summed E-state index contributed by atoms with van der Waals surface area (Å²) < 4.78 is 4.76. The fraction of sp³-hybridized carbons (Fsp3) is 0. The third kappa shape index (κ3) is 6.59. The van der Waals surface area contributed by atoms with E-state index in [2.05, 4.69) is 240 Å². The maximum absolute atomic E-state index is 5.56. The average molecular weight is 868 g/mol. The van der Waals surface area contributed by atoms with E-state index in [-0.39, 0.29) is 0 Å². The maximum atomic E-state index is 5.56. The first-order valence-electron chi connectivity index (χ1n) is 23.0. The lowest BCUT2D eigenvalue weighted by Crippen LogP contribution is -2.07. The Hall–Kier alpha value is -9.19. The summed E-state index contributed by atoms with van der Waals surface area (Å²) >= 11 is 0. The predicted octanol–water partition coefficient (Wildman–Crippen LogP) is 16.1. The normalized spacial score (nSPS) is 11.5. The summed E-state index contributed by atoms with van der Waals surface area (Å²) in [5.74, 6) is 1.72. The molecule has 0 aliphatic rings. The summed E-state index contributed by atoms with van der Waals surface area (Å²) in [4.78, 5) is 16.3. The van der Waals surface area contributed by atoms with E-state index >= 15 is 0 Å². The van der Waals surface area contributed by atoms with Crippen LogP contribution in [0.2, 0.25) is 0 Å². The van der Waals surface area contributed by atoms with Crippen LogP contribution in [-0.4, -0.2) is 24.1 Å². The van der Waals surface area contributed by atoms with Crippen LogP contribution >= 0.6 is 0 Å². The van der Waals surface area contributed by atoms with Gasteiger partial charge in [0, 0.05) is 38.2 Å². The Labute approximate surface area is 393 Å². The molecular weight excluding hydrogens is 827 g/mol. The molecule has 0 aliphatic heterocycles. The minimum absolute atomic E-state index is 0.539. The van der Waals surface area contributed by atoms with E-state index < -0.39 is 0 Å². The van der Waals surface area contributed by atoms with Crippen LogP contribution < -0.4 is 0 Å². The van der Waals surface area contributed by atoms with Gasteiger partial charge in [-0.2, -0.15) is 9.97 Å². The van der Waals surface area contributed by atoms with Crippen LogP contribution in [0.1, 0.15) is 0 Å². The first kappa shape index (κ1) is 39.2. The molecule has 318 valence electrons. The van der Waals surface area contributed by atoms with Crippen LogP contribution in [0.25, 0.3) is 123 Å². The zero-order chi connectivity index (χ0) is 45.0. The van der Waals surface area contributed by atoms with Gasteiger partial charge in [-0.3, -0.25) is 4.57 Å². The lowest BCUT2D eigenvalue weighted by atomic mass is 9.93. The van der Waals surface area contributed by atoms with Gasteiger partial charge in [-0.05, 0) is 75.3 Å². The van der Waals surface area contributed by atoms with Crippen molar-refractivity contribution in [1.29, 1.82) is 0 Å². The number of hydrogen-bond acceptors (Lipinski definition) is 3. The maximum Gasteiger partial charge on any atom is 0.238 e. The third-order valence-electron chi connectivity index (χ3n) is 13.2. The van der Waals surface area contributed by atoms with Crippen LogP contribution in [0.4, 0.5) is 0 Å². The number of nitrogens with zero attached hydrogens (tertiary/aromatic N) is 5. The Morgan fingerprint density at radius 2 is 0.691 bits per heavy atom. The lowest BCUT2D eigenvalue weighted by molar-refractivity contribution is 0.953. The van der Waals surface area contributed by atoms with Gasteiger partial charge in [-0.15, -0.1) is 0 Å². The van der Waals surface area contributed by atoms with Gasteiger partial charge in [0.1, 0.15) is 0 Å². The van der Waals surface area contributed by atoms with Crippen molar-refractivity contribution < 1.29 is 0 Å². The largest absolute Gasteiger partial charge is 0.307 e. The van der Waals surface area contributed by atoms with E-state index in [0.29, 0.717) is 17.6 Å². The zero-order valence-corrected chi connectivity index (χ0v) is 36.9. The van der Waals surface area contributed by atoms with Crippen LogP contribution in [0, 0.1) is 0 Å². The third-order valence-corrected chi connectivity index (χ3v) is 13.2. The quantitative estimate of drug-likeness (QED) is 0.153. The van der Waals surface area contributed by atoms with Crippen molar-refractivity contribution >= 4 is 43.6 Å². The van der Waals surface area contributed by atoms with Crippen molar-refractivity contribution in [3.8, 4) is 78.9 Å². The number of aromatic nitrogens is 5. The Balaban J connectivity index is 1.16. The topological polar surface area (TPSA) is 48.5 Å². The molecule has 13 rings (SSSR count). The number of benzene rings is 10. The van der Waals surface area contributed by atoms with E-state index in [1.165, 1.54) is 0 Å². The van der Waals surface area contributed by atoms with Gasteiger partial charge in [0.2, 0.25) is 5.95 Å². The van der Waals surface area contributed by atoms with Gasteiger partial charge in [0.05, 0.1) is 27.8 Å². The zero-order valence-electron chi connectivity index (χ0n) is 36.9. The number of para-hydroxylation sites is 2. The Morgan fingerprint density at radius 3 is 1.25 bits per heavy atom. The van der Waals surface area contributed by atoms with Gasteiger partial charge in [0.25, 0.3) is 0 Å². The molecule has 0 N–H and O–H groups in total. The fourth-order valence-electron chi connectivity index (χ4n) is 10.1. The molecule has 0 saturated carbocycles. The molecule has 0 fully saturated rings. The monoisotopic (exact) mass is 867 g/mol. The molecule has 0 atom stereocenters. The molecule has 0 radical (unpaired) electrons. The molecule has 3 heterocycles. The molecule has 0 saturated heterocycles. The molecule has 5 heteroatoms.